The summed E-state index contributed by atoms with van der Waals surface area (Å²) in [7, 11) is 3.14. The third kappa shape index (κ3) is 12.3. The third-order valence-electron chi connectivity index (χ3n) is 13.8. The fourth-order valence-corrected chi connectivity index (χ4v) is 9.87. The van der Waals surface area contributed by atoms with Gasteiger partial charge in [-0.3, -0.25) is 34.1 Å². The number of rotatable bonds is 12. The summed E-state index contributed by atoms with van der Waals surface area (Å²) in [6.07, 6.45) is -0.972. The second kappa shape index (κ2) is 23.1. The maximum absolute atomic E-state index is 14.6. The standard InChI is InChI=1S/C47H67N9O10/c1-30(49-2)44(59)51-35-28-65-41(57)14-15-42(58)66-29-36(52-45(60)43(48)50-3)47(62)56-27-40(34-23-54(25-38(34)56)19-17-32-12-8-5-9-13-32)64-21-20-63-39-26-55(46(35)61)37-24-53(22-33(37)39)18-16-31-10-6-4-7-11-31/h4-13,30,33-40,43,49-50H,14-29,48H2,1-3H3,(H,51,59)(H,52,60)/t30-,33-,34?,35-,36-,37+,38+,39+,40+,43+/m0/s1. The van der Waals surface area contributed by atoms with Crippen LogP contribution in [-0.2, 0) is 60.6 Å². The lowest BCUT2D eigenvalue weighted by Gasteiger charge is -2.30. The molecule has 0 aliphatic carbocycles. The van der Waals surface area contributed by atoms with Crippen LogP contribution in [0, 0.1) is 11.8 Å². The summed E-state index contributed by atoms with van der Waals surface area (Å²) in [6.45, 7) is 5.79. The number of nitrogens with one attached hydrogen (secondary N) is 4. The first kappa shape index (κ1) is 48.9. The molecule has 4 bridgehead atoms. The minimum Gasteiger partial charge on any atom is -0.463 e. The van der Waals surface area contributed by atoms with Gasteiger partial charge in [0.05, 0.1) is 56.4 Å². The summed E-state index contributed by atoms with van der Waals surface area (Å²) < 4.78 is 24.3. The van der Waals surface area contributed by atoms with Gasteiger partial charge in [0.15, 0.2) is 0 Å². The second-order valence-corrected chi connectivity index (χ2v) is 18.0. The number of likely N-dealkylation sites (N-methyl/N-ethyl adjacent to an activating group) is 2. The Hall–Kier alpha value is -5.02. The first-order valence-electron chi connectivity index (χ1n) is 23.3. The van der Waals surface area contributed by atoms with Gasteiger partial charge in [-0.2, -0.15) is 0 Å². The maximum Gasteiger partial charge on any atom is 0.306 e. The molecule has 66 heavy (non-hydrogen) atoms. The van der Waals surface area contributed by atoms with Crippen LogP contribution >= 0.6 is 0 Å². The molecule has 1 unspecified atom stereocenters. The molecular weight excluding hydrogens is 851 g/mol. The summed E-state index contributed by atoms with van der Waals surface area (Å²) in [6, 6.07) is 16.8. The molecule has 0 spiro atoms. The largest absolute Gasteiger partial charge is 0.463 e. The summed E-state index contributed by atoms with van der Waals surface area (Å²) in [5.41, 5.74) is 8.38. The van der Waals surface area contributed by atoms with Crippen LogP contribution in [-0.4, -0.2) is 197 Å². The number of esters is 2. The Balaban J connectivity index is 1.12. The van der Waals surface area contributed by atoms with Gasteiger partial charge in [0.25, 0.3) is 5.91 Å². The molecule has 7 rings (SSSR count). The van der Waals surface area contributed by atoms with E-state index in [0.717, 1.165) is 25.9 Å². The zero-order chi connectivity index (χ0) is 46.7. The van der Waals surface area contributed by atoms with Gasteiger partial charge in [0, 0.05) is 64.2 Å². The normalized spacial score (nSPS) is 29.2. The third-order valence-corrected chi connectivity index (χ3v) is 13.8. The van der Waals surface area contributed by atoms with Crippen molar-refractivity contribution in [3.63, 3.8) is 0 Å². The smallest absolute Gasteiger partial charge is 0.306 e. The van der Waals surface area contributed by atoms with E-state index in [4.69, 9.17) is 24.7 Å². The first-order valence-corrected chi connectivity index (χ1v) is 23.3. The average molecular weight is 918 g/mol. The van der Waals surface area contributed by atoms with Crippen LogP contribution in [0.25, 0.3) is 0 Å². The van der Waals surface area contributed by atoms with E-state index < -0.39 is 85.9 Å². The predicted octanol–water partition coefficient (Wildman–Crippen LogP) is -1.51. The Morgan fingerprint density at radius 3 is 1.50 bits per heavy atom. The molecule has 5 heterocycles. The van der Waals surface area contributed by atoms with E-state index in [1.165, 1.54) is 18.2 Å². The van der Waals surface area contributed by atoms with E-state index in [9.17, 15) is 28.8 Å². The average Bonchev–Trinajstić information content (AvgIpc) is 4.11. The van der Waals surface area contributed by atoms with Crippen molar-refractivity contribution in [3.8, 4) is 0 Å². The number of fused-ring (bicyclic) bond motifs is 10. The minimum atomic E-state index is -1.28. The van der Waals surface area contributed by atoms with Gasteiger partial charge in [-0.1, -0.05) is 60.7 Å². The van der Waals surface area contributed by atoms with Crippen molar-refractivity contribution < 1.29 is 47.7 Å². The maximum atomic E-state index is 14.6. The van der Waals surface area contributed by atoms with Crippen molar-refractivity contribution in [1.82, 2.24) is 40.9 Å². The molecule has 4 amide bonds. The molecule has 5 aliphatic heterocycles. The van der Waals surface area contributed by atoms with Crippen LogP contribution in [0.15, 0.2) is 60.7 Å². The van der Waals surface area contributed by atoms with E-state index in [2.05, 4.69) is 55.3 Å². The van der Waals surface area contributed by atoms with E-state index in [-0.39, 0.29) is 62.4 Å². The molecule has 10 atom stereocenters. The lowest BCUT2D eigenvalue weighted by Crippen LogP contribution is -2.58. The van der Waals surface area contributed by atoms with Gasteiger partial charge in [-0.25, -0.2) is 0 Å². The minimum absolute atomic E-state index is 0.0346. The van der Waals surface area contributed by atoms with E-state index >= 15 is 0 Å². The Morgan fingerprint density at radius 1 is 0.636 bits per heavy atom. The van der Waals surface area contributed by atoms with Crippen LogP contribution in [0.4, 0.5) is 0 Å². The van der Waals surface area contributed by atoms with Crippen molar-refractivity contribution in [2.45, 2.75) is 81.2 Å². The SMILES string of the molecule is CN[C@@H](C)C(=O)N[C@H]1COC(=O)CCC(=O)OC[C@H](NC(=O)[C@H](N)NC)C(=O)N2C[C@@H](OCCO[C@@H]3CN(C1=O)[C@@H]1CN(CCc4ccccc4)C[C@@H]13)C1CN(CCc3ccccc3)C[C@H]12. The number of cyclic esters (lactones) is 2. The van der Waals surface area contributed by atoms with Crippen LogP contribution in [0.3, 0.4) is 0 Å². The van der Waals surface area contributed by atoms with Gasteiger partial charge in [0.1, 0.15) is 31.5 Å². The number of nitrogens with zero attached hydrogens (tertiary/aromatic N) is 4. The highest BCUT2D eigenvalue weighted by atomic mass is 16.5. The van der Waals surface area contributed by atoms with Crippen LogP contribution in [0.5, 0.6) is 0 Å². The Kier molecular flexibility index (Phi) is 17.1. The molecule has 5 aliphatic rings. The first-order chi connectivity index (χ1) is 31.9. The Bertz CT molecular complexity index is 1840. The molecule has 6 N–H and O–H groups in total. The Morgan fingerprint density at radius 2 is 1.08 bits per heavy atom. The molecule has 2 aromatic rings. The number of amides is 4. The number of carbonyl (C=O) groups excluding carboxylic acids is 6. The lowest BCUT2D eigenvalue weighted by molar-refractivity contribution is -0.154. The highest BCUT2D eigenvalue weighted by molar-refractivity contribution is 5.91. The van der Waals surface area contributed by atoms with Crippen LogP contribution < -0.4 is 27.0 Å². The fraction of sp³-hybridized carbons (Fsp3) is 0.617. The topological polar surface area (TPSA) is 226 Å². The van der Waals surface area contributed by atoms with Crippen molar-refractivity contribution in [3.05, 3.63) is 71.8 Å². The van der Waals surface area contributed by atoms with Gasteiger partial charge in [-0.05, 0) is 45.0 Å². The summed E-state index contributed by atoms with van der Waals surface area (Å²) in [4.78, 5) is 89.8. The quantitative estimate of drug-likeness (QED) is 0.121. The number of hydrogen-bond acceptors (Lipinski definition) is 15. The highest BCUT2D eigenvalue weighted by Gasteiger charge is 2.52. The van der Waals surface area contributed by atoms with Gasteiger partial charge in [-0.15, -0.1) is 0 Å². The Labute approximate surface area is 386 Å². The van der Waals surface area contributed by atoms with Gasteiger partial charge < -0.3 is 60.2 Å². The number of likely N-dealkylation sites (tertiary alicyclic amines) is 2. The summed E-state index contributed by atoms with van der Waals surface area (Å²) in [5, 5.41) is 11.0. The van der Waals surface area contributed by atoms with Crippen molar-refractivity contribution >= 4 is 35.6 Å². The van der Waals surface area contributed by atoms with Crippen molar-refractivity contribution in [2.24, 2.45) is 17.6 Å². The number of carbonyl (C=O) groups is 6. The number of hydrogen-bond donors (Lipinski definition) is 5. The molecule has 0 saturated carbocycles. The predicted molar refractivity (Wildman–Crippen MR) is 241 cm³/mol. The van der Waals surface area contributed by atoms with Crippen molar-refractivity contribution in [2.75, 3.05) is 92.9 Å². The molecule has 19 heteroatoms. The number of ether oxygens (including phenoxy) is 4. The molecule has 5 saturated heterocycles. The summed E-state index contributed by atoms with van der Waals surface area (Å²) >= 11 is 0. The van der Waals surface area contributed by atoms with Gasteiger partial charge in [0.2, 0.25) is 17.7 Å². The molecule has 5 fully saturated rings. The molecule has 19 nitrogen and oxygen atoms in total. The second-order valence-electron chi connectivity index (χ2n) is 18.0. The van der Waals surface area contributed by atoms with Crippen molar-refractivity contribution in [1.29, 1.82) is 0 Å². The van der Waals surface area contributed by atoms with E-state index in [0.29, 0.717) is 26.2 Å². The summed E-state index contributed by atoms with van der Waals surface area (Å²) in [5.74, 6) is -3.62. The van der Waals surface area contributed by atoms with E-state index in [1.807, 2.05) is 36.4 Å². The fourth-order valence-electron chi connectivity index (χ4n) is 9.87. The number of nitrogens with two attached hydrogens (primary N) is 1. The molecule has 0 aromatic heterocycles. The van der Waals surface area contributed by atoms with Gasteiger partial charge >= 0.3 is 11.9 Å². The monoisotopic (exact) mass is 918 g/mol. The molecule has 2 aromatic carbocycles. The molecule has 0 radical (unpaired) electrons. The number of benzene rings is 2. The van der Waals surface area contributed by atoms with Crippen LogP contribution in [0.1, 0.15) is 30.9 Å². The molecular formula is C47H67N9O10. The highest BCUT2D eigenvalue weighted by Crippen LogP contribution is 2.36. The van der Waals surface area contributed by atoms with Crippen LogP contribution in [0.2, 0.25) is 0 Å². The molecule has 360 valence electrons. The zero-order valence-electron chi connectivity index (χ0n) is 38.3. The zero-order valence-corrected chi connectivity index (χ0v) is 38.3. The lowest BCUT2D eigenvalue weighted by atomic mass is 10.0. The van der Waals surface area contributed by atoms with E-state index in [1.54, 1.807) is 23.8 Å².